The Morgan fingerprint density at radius 3 is 2.95 bits per heavy atom. The van der Waals surface area contributed by atoms with Crippen LogP contribution in [0.15, 0.2) is 6.07 Å². The highest BCUT2D eigenvalue weighted by atomic mass is 35.5. The molecule has 3 atom stereocenters. The summed E-state index contributed by atoms with van der Waals surface area (Å²) in [6.45, 7) is 0.790. The Bertz CT molecular complexity index is 706. The minimum absolute atomic E-state index is 0. The summed E-state index contributed by atoms with van der Waals surface area (Å²) in [5, 5.41) is 24.9. The zero-order chi connectivity index (χ0) is 14.4. The lowest BCUT2D eigenvalue weighted by atomic mass is 9.50. The lowest BCUT2D eigenvalue weighted by molar-refractivity contribution is -0.149. The standard InChI is InChI=1S/C16H17NO4.ClH/c18-8-1-2-16(20)12-5-9-10(6-11(19)14-13(9)21-14)15(16,7-8)3-4-17-12;/h6,12,17,19-20H,1-5,7H2;1H/t12-,15-,16?;/m1./s1. The molecule has 2 aliphatic heterocycles. The van der Waals surface area contributed by atoms with Crippen molar-refractivity contribution in [3.8, 4) is 17.2 Å². The molecule has 1 aromatic carbocycles. The van der Waals surface area contributed by atoms with Crippen molar-refractivity contribution in [1.29, 1.82) is 0 Å². The molecule has 5 nitrogen and oxygen atoms in total. The van der Waals surface area contributed by atoms with Gasteiger partial charge in [-0.2, -0.15) is 0 Å². The number of ether oxygens (including phenoxy) is 1. The first-order valence-electron chi connectivity index (χ1n) is 7.60. The van der Waals surface area contributed by atoms with E-state index in [1.165, 1.54) is 0 Å². The van der Waals surface area contributed by atoms with Crippen molar-refractivity contribution < 1.29 is 19.7 Å². The van der Waals surface area contributed by atoms with Gasteiger partial charge in [-0.3, -0.25) is 4.79 Å². The van der Waals surface area contributed by atoms with Crippen molar-refractivity contribution in [2.75, 3.05) is 6.54 Å². The van der Waals surface area contributed by atoms with Crippen LogP contribution in [0.4, 0.5) is 0 Å². The van der Waals surface area contributed by atoms with E-state index in [0.29, 0.717) is 31.4 Å². The Labute approximate surface area is 134 Å². The van der Waals surface area contributed by atoms with Gasteiger partial charge >= 0.3 is 0 Å². The molecule has 4 aliphatic rings. The summed E-state index contributed by atoms with van der Waals surface area (Å²) < 4.78 is 5.42. The van der Waals surface area contributed by atoms with Crippen molar-refractivity contribution in [3.05, 3.63) is 17.2 Å². The van der Waals surface area contributed by atoms with Crippen molar-refractivity contribution in [3.63, 3.8) is 0 Å². The number of rotatable bonds is 0. The number of halogens is 1. The van der Waals surface area contributed by atoms with Gasteiger partial charge in [0.1, 0.15) is 5.78 Å². The highest BCUT2D eigenvalue weighted by Crippen LogP contribution is 2.63. The molecular weight excluding hydrogens is 306 g/mol. The summed E-state index contributed by atoms with van der Waals surface area (Å²) in [6, 6.07) is 1.69. The Hall–Kier alpha value is -1.30. The van der Waals surface area contributed by atoms with Crippen molar-refractivity contribution in [2.24, 2.45) is 0 Å². The van der Waals surface area contributed by atoms with Crippen molar-refractivity contribution in [2.45, 2.75) is 49.2 Å². The SMILES string of the molecule is Cl.O=C1CCC2(O)[C@H]3Cc4c(cc(O)c5c4O5)[C@@]2(CCN3)C1. The molecule has 2 fully saturated rings. The maximum Gasteiger partial charge on any atom is 0.211 e. The predicted octanol–water partition coefficient (Wildman–Crippen LogP) is 1.56. The molecule has 0 spiro atoms. The van der Waals surface area contributed by atoms with Gasteiger partial charge < -0.3 is 20.3 Å². The van der Waals surface area contributed by atoms with Gasteiger partial charge in [-0.05, 0) is 37.4 Å². The van der Waals surface area contributed by atoms with Gasteiger partial charge in [-0.25, -0.2) is 0 Å². The summed E-state index contributed by atoms with van der Waals surface area (Å²) in [7, 11) is 0. The number of carbonyl (C=O) groups is 1. The number of piperidine rings is 1. The largest absolute Gasteiger partial charge is 0.504 e. The molecule has 3 N–H and O–H groups in total. The summed E-state index contributed by atoms with van der Waals surface area (Å²) >= 11 is 0. The van der Waals surface area contributed by atoms with Gasteiger partial charge in [-0.1, -0.05) is 0 Å². The van der Waals surface area contributed by atoms with Gasteiger partial charge in [0.2, 0.25) is 5.75 Å². The molecule has 2 bridgehead atoms. The fraction of sp³-hybridized carbons (Fsp3) is 0.562. The van der Waals surface area contributed by atoms with Crippen LogP contribution in [0.25, 0.3) is 0 Å². The molecule has 1 saturated heterocycles. The maximum atomic E-state index is 12.1. The number of fused-ring (bicyclic) bond motifs is 3. The normalized spacial score (nSPS) is 37.1. The molecule has 118 valence electrons. The summed E-state index contributed by atoms with van der Waals surface area (Å²) in [5.74, 6) is 1.67. The maximum absolute atomic E-state index is 12.1. The van der Waals surface area contributed by atoms with Crippen LogP contribution in [0.5, 0.6) is 17.2 Å². The van der Waals surface area contributed by atoms with Gasteiger partial charge in [0, 0.05) is 29.9 Å². The molecule has 1 aromatic rings. The Morgan fingerprint density at radius 2 is 2.14 bits per heavy atom. The topological polar surface area (TPSA) is 82.1 Å². The van der Waals surface area contributed by atoms with E-state index < -0.39 is 11.0 Å². The fourth-order valence-electron chi connectivity index (χ4n) is 4.98. The molecular formula is C16H18ClNO4. The zero-order valence-electron chi connectivity index (χ0n) is 12.0. The number of carbonyl (C=O) groups excluding carboxylic acids is 1. The first-order valence-corrected chi connectivity index (χ1v) is 7.60. The Kier molecular flexibility index (Phi) is 2.70. The molecule has 6 heteroatoms. The second-order valence-corrected chi connectivity index (χ2v) is 6.86. The minimum atomic E-state index is -0.901. The number of ketones is 1. The second-order valence-electron chi connectivity index (χ2n) is 6.86. The van der Waals surface area contributed by atoms with Gasteiger partial charge in [-0.15, -0.1) is 12.4 Å². The molecule has 0 aromatic heterocycles. The Balaban J connectivity index is 0.00000125. The lowest BCUT2D eigenvalue weighted by Gasteiger charge is -2.60. The predicted molar refractivity (Wildman–Crippen MR) is 81.0 cm³/mol. The third-order valence-electron chi connectivity index (χ3n) is 6.04. The van der Waals surface area contributed by atoms with Gasteiger partial charge in [0.05, 0.1) is 5.60 Å². The number of hydrogen-bond acceptors (Lipinski definition) is 5. The average molecular weight is 324 g/mol. The van der Waals surface area contributed by atoms with E-state index in [2.05, 4.69) is 5.32 Å². The van der Waals surface area contributed by atoms with Crippen molar-refractivity contribution in [1.82, 2.24) is 5.32 Å². The van der Waals surface area contributed by atoms with Crippen LogP contribution >= 0.6 is 12.4 Å². The fourth-order valence-corrected chi connectivity index (χ4v) is 4.98. The third-order valence-corrected chi connectivity index (χ3v) is 6.04. The molecule has 0 radical (unpaired) electrons. The second kappa shape index (κ2) is 4.16. The smallest absolute Gasteiger partial charge is 0.211 e. The molecule has 1 unspecified atom stereocenters. The van der Waals surface area contributed by atoms with E-state index in [1.54, 1.807) is 6.07 Å². The summed E-state index contributed by atoms with van der Waals surface area (Å²) in [6.07, 6.45) is 2.73. The van der Waals surface area contributed by atoms with E-state index in [1.807, 2.05) is 0 Å². The number of phenolic OH excluding ortho intramolecular Hbond substituents is 1. The number of aromatic hydroxyl groups is 1. The summed E-state index contributed by atoms with van der Waals surface area (Å²) in [5.41, 5.74) is 0.537. The van der Waals surface area contributed by atoms with Crippen LogP contribution in [0, 0.1) is 0 Å². The first kappa shape index (κ1) is 14.3. The van der Waals surface area contributed by atoms with Crippen LogP contribution in [0.1, 0.15) is 36.8 Å². The number of phenols is 1. The quantitative estimate of drug-likeness (QED) is 0.641. The molecule has 2 heterocycles. The van der Waals surface area contributed by atoms with E-state index in [4.69, 9.17) is 4.74 Å². The minimum Gasteiger partial charge on any atom is -0.504 e. The highest BCUT2D eigenvalue weighted by molar-refractivity contribution is 5.85. The van der Waals surface area contributed by atoms with Crippen molar-refractivity contribution >= 4 is 18.2 Å². The lowest BCUT2D eigenvalue weighted by Crippen LogP contribution is -2.72. The number of benzene rings is 1. The van der Waals surface area contributed by atoms with Crippen LogP contribution in [0.3, 0.4) is 0 Å². The van der Waals surface area contributed by atoms with Crippen LogP contribution < -0.4 is 10.1 Å². The Morgan fingerprint density at radius 1 is 1.32 bits per heavy atom. The van der Waals surface area contributed by atoms with E-state index in [0.717, 1.165) is 29.8 Å². The summed E-state index contributed by atoms with van der Waals surface area (Å²) in [4.78, 5) is 12.1. The van der Waals surface area contributed by atoms with Gasteiger partial charge in [0.15, 0.2) is 11.5 Å². The third kappa shape index (κ3) is 1.44. The van der Waals surface area contributed by atoms with Crippen LogP contribution in [0.2, 0.25) is 0 Å². The first-order chi connectivity index (χ1) is 10.1. The molecule has 5 rings (SSSR count). The number of Topliss-reactive ketones (excluding diaryl/α,β-unsaturated/α-hetero) is 1. The van der Waals surface area contributed by atoms with Gasteiger partial charge in [0.25, 0.3) is 0 Å². The van der Waals surface area contributed by atoms with E-state index in [9.17, 15) is 15.0 Å². The monoisotopic (exact) mass is 323 g/mol. The molecule has 2 aliphatic carbocycles. The van der Waals surface area contributed by atoms with E-state index in [-0.39, 0.29) is 30.0 Å². The number of aliphatic hydroxyl groups is 1. The van der Waals surface area contributed by atoms with Crippen LogP contribution in [-0.4, -0.2) is 34.2 Å². The average Bonchev–Trinajstić information content (AvgIpc) is 3.22. The molecule has 22 heavy (non-hydrogen) atoms. The molecule has 1 saturated carbocycles. The number of nitrogens with one attached hydrogen (secondary N) is 1. The zero-order valence-corrected chi connectivity index (χ0v) is 12.8. The molecule has 0 amide bonds. The van der Waals surface area contributed by atoms with Crippen LogP contribution in [-0.2, 0) is 16.6 Å². The highest BCUT2D eigenvalue weighted by Gasteiger charge is 2.64. The van der Waals surface area contributed by atoms with E-state index >= 15 is 0 Å². The number of hydrogen-bond donors (Lipinski definition) is 3.